The molecule has 0 spiro atoms. The summed E-state index contributed by atoms with van der Waals surface area (Å²) in [6.45, 7) is 2.01. The fourth-order valence-electron chi connectivity index (χ4n) is 0.652. The van der Waals surface area contributed by atoms with Crippen molar-refractivity contribution in [2.45, 2.75) is 6.92 Å². The van der Waals surface area contributed by atoms with Crippen molar-refractivity contribution < 1.29 is 0 Å². The summed E-state index contributed by atoms with van der Waals surface area (Å²) in [7, 11) is 0. The average molecular weight is 198 g/mol. The van der Waals surface area contributed by atoms with Gasteiger partial charge in [-0.25, -0.2) is 0 Å². The first kappa shape index (κ1) is 7.48. The van der Waals surface area contributed by atoms with Crippen LogP contribution in [0.1, 0.15) is 12.6 Å². The Balaban J connectivity index is 2.96. The van der Waals surface area contributed by atoms with Crippen LogP contribution < -0.4 is 0 Å². The van der Waals surface area contributed by atoms with Crippen LogP contribution in [-0.4, -0.2) is 4.98 Å². The standard InChI is InChI=1S/C8H8BrN/c1-7(6-9)8-4-2-3-5-10-8/h2-6H,1H3/b7-6-. The van der Waals surface area contributed by atoms with Crippen LogP contribution in [0.15, 0.2) is 29.4 Å². The topological polar surface area (TPSA) is 12.9 Å². The molecule has 0 atom stereocenters. The minimum atomic E-state index is 1.01. The van der Waals surface area contributed by atoms with E-state index in [9.17, 15) is 0 Å². The second kappa shape index (κ2) is 3.52. The van der Waals surface area contributed by atoms with Gasteiger partial charge in [-0.05, 0) is 29.6 Å². The van der Waals surface area contributed by atoms with E-state index in [1.807, 2.05) is 30.1 Å². The summed E-state index contributed by atoms with van der Waals surface area (Å²) >= 11 is 3.25. The van der Waals surface area contributed by atoms with Gasteiger partial charge in [0.05, 0.1) is 5.69 Å². The minimum Gasteiger partial charge on any atom is -0.257 e. The minimum absolute atomic E-state index is 1.01. The quantitative estimate of drug-likeness (QED) is 0.676. The zero-order chi connectivity index (χ0) is 7.40. The number of rotatable bonds is 1. The molecular weight excluding hydrogens is 190 g/mol. The molecule has 1 aromatic rings. The molecule has 0 amide bonds. The lowest BCUT2D eigenvalue weighted by atomic mass is 10.2. The number of aromatic nitrogens is 1. The molecule has 0 bridgehead atoms. The van der Waals surface area contributed by atoms with Crippen LogP contribution in [0.3, 0.4) is 0 Å². The van der Waals surface area contributed by atoms with E-state index in [4.69, 9.17) is 0 Å². The van der Waals surface area contributed by atoms with E-state index in [2.05, 4.69) is 20.9 Å². The van der Waals surface area contributed by atoms with Gasteiger partial charge in [0.25, 0.3) is 0 Å². The van der Waals surface area contributed by atoms with Gasteiger partial charge >= 0.3 is 0 Å². The Hall–Kier alpha value is -0.630. The summed E-state index contributed by atoms with van der Waals surface area (Å²) < 4.78 is 0. The molecule has 0 aliphatic carbocycles. The van der Waals surface area contributed by atoms with Crippen LogP contribution in [0.5, 0.6) is 0 Å². The Bertz CT molecular complexity index is 228. The summed E-state index contributed by atoms with van der Waals surface area (Å²) in [4.78, 5) is 6.02. The Labute approximate surface area is 68.9 Å². The van der Waals surface area contributed by atoms with Crippen molar-refractivity contribution in [2.75, 3.05) is 0 Å². The Morgan fingerprint density at radius 2 is 2.40 bits per heavy atom. The van der Waals surface area contributed by atoms with E-state index < -0.39 is 0 Å². The smallest absolute Gasteiger partial charge is 0.0663 e. The lowest BCUT2D eigenvalue weighted by Crippen LogP contribution is -1.81. The Kier molecular flexibility index (Phi) is 2.63. The molecule has 0 fully saturated rings. The van der Waals surface area contributed by atoms with Gasteiger partial charge < -0.3 is 0 Å². The molecule has 52 valence electrons. The van der Waals surface area contributed by atoms with Gasteiger partial charge in [-0.3, -0.25) is 4.98 Å². The first-order valence-electron chi connectivity index (χ1n) is 3.03. The van der Waals surface area contributed by atoms with Gasteiger partial charge in [-0.2, -0.15) is 0 Å². The fraction of sp³-hybridized carbons (Fsp3) is 0.125. The summed E-state index contributed by atoms with van der Waals surface area (Å²) in [5, 5.41) is 0. The van der Waals surface area contributed by atoms with Crippen LogP contribution in [0.25, 0.3) is 5.57 Å². The van der Waals surface area contributed by atoms with Crippen molar-refractivity contribution in [3.05, 3.63) is 35.1 Å². The molecule has 0 aliphatic heterocycles. The highest BCUT2D eigenvalue weighted by Gasteiger charge is 1.91. The van der Waals surface area contributed by atoms with E-state index in [0.29, 0.717) is 0 Å². The summed E-state index contributed by atoms with van der Waals surface area (Å²) in [6.07, 6.45) is 1.79. The molecule has 2 heteroatoms. The van der Waals surface area contributed by atoms with Crippen LogP contribution >= 0.6 is 15.9 Å². The molecule has 10 heavy (non-hydrogen) atoms. The summed E-state index contributed by atoms with van der Waals surface area (Å²) in [5.41, 5.74) is 2.15. The largest absolute Gasteiger partial charge is 0.257 e. The SMILES string of the molecule is C/C(=C/Br)c1ccccn1. The maximum Gasteiger partial charge on any atom is 0.0663 e. The molecule has 1 aromatic heterocycles. The second-order valence-electron chi connectivity index (χ2n) is 2.01. The zero-order valence-electron chi connectivity index (χ0n) is 5.71. The van der Waals surface area contributed by atoms with Crippen LogP contribution in [0, 0.1) is 0 Å². The zero-order valence-corrected chi connectivity index (χ0v) is 7.30. The van der Waals surface area contributed by atoms with Crippen molar-refractivity contribution in [1.82, 2.24) is 4.98 Å². The first-order chi connectivity index (χ1) is 4.84. The summed E-state index contributed by atoms with van der Waals surface area (Å²) in [5.74, 6) is 0. The highest BCUT2D eigenvalue weighted by molar-refractivity contribution is 9.11. The number of nitrogens with zero attached hydrogens (tertiary/aromatic N) is 1. The molecule has 0 saturated carbocycles. The van der Waals surface area contributed by atoms with E-state index in [1.165, 1.54) is 0 Å². The third-order valence-electron chi connectivity index (χ3n) is 1.23. The monoisotopic (exact) mass is 197 g/mol. The second-order valence-corrected chi connectivity index (χ2v) is 2.46. The van der Waals surface area contributed by atoms with Crippen molar-refractivity contribution >= 4 is 21.5 Å². The van der Waals surface area contributed by atoms with Gasteiger partial charge in [-0.15, -0.1) is 0 Å². The molecule has 0 unspecified atom stereocenters. The number of halogens is 1. The first-order valence-corrected chi connectivity index (χ1v) is 3.94. The maximum atomic E-state index is 4.15. The van der Waals surface area contributed by atoms with Gasteiger partial charge in [0, 0.05) is 6.20 Å². The van der Waals surface area contributed by atoms with Gasteiger partial charge in [0.2, 0.25) is 0 Å². The highest BCUT2D eigenvalue weighted by Crippen LogP contribution is 2.10. The van der Waals surface area contributed by atoms with E-state index >= 15 is 0 Å². The molecule has 1 rings (SSSR count). The lowest BCUT2D eigenvalue weighted by Gasteiger charge is -1.95. The van der Waals surface area contributed by atoms with Gasteiger partial charge in [0.15, 0.2) is 0 Å². The summed E-state index contributed by atoms with van der Waals surface area (Å²) in [6, 6.07) is 5.86. The molecule has 0 N–H and O–H groups in total. The molecule has 0 saturated heterocycles. The number of hydrogen-bond acceptors (Lipinski definition) is 1. The third-order valence-corrected chi connectivity index (χ3v) is 1.92. The predicted molar refractivity (Wildman–Crippen MR) is 46.8 cm³/mol. The van der Waals surface area contributed by atoms with Crippen molar-refractivity contribution in [2.24, 2.45) is 0 Å². The van der Waals surface area contributed by atoms with E-state index in [0.717, 1.165) is 11.3 Å². The third kappa shape index (κ3) is 1.67. The van der Waals surface area contributed by atoms with Crippen LogP contribution in [0.4, 0.5) is 0 Å². The van der Waals surface area contributed by atoms with Crippen molar-refractivity contribution in [1.29, 1.82) is 0 Å². The maximum absolute atomic E-state index is 4.15. The molecule has 0 radical (unpaired) electrons. The average Bonchev–Trinajstić information content (AvgIpc) is 2.05. The lowest BCUT2D eigenvalue weighted by molar-refractivity contribution is 1.27. The number of pyridine rings is 1. The molecular formula is C8H8BrN. The number of allylic oxidation sites excluding steroid dienone is 1. The predicted octanol–water partition coefficient (Wildman–Crippen LogP) is 2.84. The van der Waals surface area contributed by atoms with Gasteiger partial charge in [-0.1, -0.05) is 22.0 Å². The highest BCUT2D eigenvalue weighted by atomic mass is 79.9. The Morgan fingerprint density at radius 3 is 2.90 bits per heavy atom. The van der Waals surface area contributed by atoms with E-state index in [1.54, 1.807) is 6.20 Å². The van der Waals surface area contributed by atoms with E-state index in [-0.39, 0.29) is 0 Å². The fourth-order valence-corrected chi connectivity index (χ4v) is 0.886. The van der Waals surface area contributed by atoms with Crippen molar-refractivity contribution in [3.63, 3.8) is 0 Å². The molecule has 1 heterocycles. The molecule has 0 aromatic carbocycles. The molecule has 1 nitrogen and oxygen atoms in total. The van der Waals surface area contributed by atoms with Gasteiger partial charge in [0.1, 0.15) is 0 Å². The normalized spacial score (nSPS) is 11.6. The number of hydrogen-bond donors (Lipinski definition) is 0. The van der Waals surface area contributed by atoms with Crippen LogP contribution in [-0.2, 0) is 0 Å². The van der Waals surface area contributed by atoms with Crippen LogP contribution in [0.2, 0.25) is 0 Å². The Morgan fingerprint density at radius 1 is 1.60 bits per heavy atom. The molecule has 0 aliphatic rings. The van der Waals surface area contributed by atoms with Crippen molar-refractivity contribution in [3.8, 4) is 0 Å².